The normalized spacial score (nSPS) is 20.3. The highest BCUT2D eigenvalue weighted by Crippen LogP contribution is 2.44. The molecular weight excluding hydrogens is 511 g/mol. The molecule has 0 spiro atoms. The summed E-state index contributed by atoms with van der Waals surface area (Å²) in [5, 5.41) is 20.9. The van der Waals surface area contributed by atoms with Gasteiger partial charge in [0.15, 0.2) is 0 Å². The summed E-state index contributed by atoms with van der Waals surface area (Å²) in [5.41, 5.74) is 2.55. The van der Waals surface area contributed by atoms with Crippen LogP contribution < -0.4 is 0 Å². The van der Waals surface area contributed by atoms with Gasteiger partial charge in [0.05, 0.1) is 17.7 Å². The van der Waals surface area contributed by atoms with Crippen molar-refractivity contribution in [3.8, 4) is 6.07 Å². The van der Waals surface area contributed by atoms with Crippen LogP contribution in [0, 0.1) is 11.3 Å². The second kappa shape index (κ2) is 11.8. The van der Waals surface area contributed by atoms with E-state index in [1.807, 2.05) is 19.1 Å². The van der Waals surface area contributed by atoms with Gasteiger partial charge in [-0.2, -0.15) is 5.26 Å². The van der Waals surface area contributed by atoms with E-state index < -0.39 is 36.2 Å². The molecule has 4 atom stereocenters. The van der Waals surface area contributed by atoms with E-state index in [0.29, 0.717) is 33.2 Å². The van der Waals surface area contributed by atoms with Crippen molar-refractivity contribution in [3.63, 3.8) is 0 Å². The first kappa shape index (κ1) is 26.7. The second-order valence-corrected chi connectivity index (χ2v) is 9.83. The Labute approximate surface area is 226 Å². The second-order valence-electron chi connectivity index (χ2n) is 8.95. The van der Waals surface area contributed by atoms with Crippen LogP contribution in [-0.2, 0) is 20.7 Å². The maximum atomic E-state index is 14.0. The van der Waals surface area contributed by atoms with E-state index in [2.05, 4.69) is 6.07 Å². The number of carboxylic acid groups (broad SMARTS) is 1. The molecule has 37 heavy (non-hydrogen) atoms. The Hall–Kier alpha value is -3.37. The Kier molecular flexibility index (Phi) is 8.50. The van der Waals surface area contributed by atoms with Gasteiger partial charge in [-0.3, -0.25) is 4.79 Å². The Balaban J connectivity index is 1.87. The first-order valence-electron chi connectivity index (χ1n) is 12.0. The van der Waals surface area contributed by atoms with E-state index in [1.54, 1.807) is 60.7 Å². The lowest BCUT2D eigenvalue weighted by Crippen LogP contribution is -2.57. The Morgan fingerprint density at radius 3 is 2.19 bits per heavy atom. The highest BCUT2D eigenvalue weighted by Gasteiger charge is 2.48. The fourth-order valence-electron chi connectivity index (χ4n) is 4.81. The minimum atomic E-state index is -1.08. The van der Waals surface area contributed by atoms with Crippen LogP contribution in [0.3, 0.4) is 0 Å². The van der Waals surface area contributed by atoms with Crippen molar-refractivity contribution in [2.75, 3.05) is 0 Å². The number of hydrogen-bond acceptors (Lipinski definition) is 4. The summed E-state index contributed by atoms with van der Waals surface area (Å²) in [7, 11) is 0. The fraction of sp³-hybridized carbons (Fsp3) is 0.276. The van der Waals surface area contributed by atoms with Gasteiger partial charge in [0, 0.05) is 16.5 Å². The SMILES string of the molecule is CCC[C@H](C(=O)O)N1C(=O)[C@H](Cc2ccccc2C#N)O[C@@H](c2ccc(Cl)cc2)[C@H]1c1ccc(Cl)cc1. The van der Waals surface area contributed by atoms with Crippen molar-refractivity contribution in [2.24, 2.45) is 0 Å². The van der Waals surface area contributed by atoms with E-state index in [9.17, 15) is 20.0 Å². The molecule has 0 bridgehead atoms. The standard InChI is InChI=1S/C29H26Cl2N2O4/c1-2-5-24(29(35)36)33-26(18-8-12-22(30)13-9-18)27(19-10-14-23(31)15-11-19)37-25(28(33)34)16-20-6-3-4-7-21(20)17-32/h3-4,6-15,24-27H,2,5,16H2,1H3,(H,35,36)/t24-,25+,26-,27+/m1/s1. The van der Waals surface area contributed by atoms with Crippen LogP contribution >= 0.6 is 23.2 Å². The fourth-order valence-corrected chi connectivity index (χ4v) is 5.06. The topological polar surface area (TPSA) is 90.6 Å². The minimum absolute atomic E-state index is 0.134. The van der Waals surface area contributed by atoms with Gasteiger partial charge >= 0.3 is 5.97 Å². The molecule has 0 aliphatic carbocycles. The molecule has 0 aromatic heterocycles. The summed E-state index contributed by atoms with van der Waals surface area (Å²) >= 11 is 12.3. The van der Waals surface area contributed by atoms with Gasteiger partial charge < -0.3 is 14.7 Å². The van der Waals surface area contributed by atoms with Crippen molar-refractivity contribution >= 4 is 35.1 Å². The van der Waals surface area contributed by atoms with Crippen LogP contribution in [0.2, 0.25) is 10.0 Å². The number of hydrogen-bond donors (Lipinski definition) is 1. The molecule has 1 fully saturated rings. The number of amides is 1. The van der Waals surface area contributed by atoms with Gasteiger partial charge in [-0.25, -0.2) is 4.79 Å². The van der Waals surface area contributed by atoms with Crippen molar-refractivity contribution in [1.82, 2.24) is 4.90 Å². The molecule has 3 aromatic rings. The molecule has 3 aromatic carbocycles. The molecular formula is C29H26Cl2N2O4. The number of benzene rings is 3. The maximum Gasteiger partial charge on any atom is 0.326 e. The smallest absolute Gasteiger partial charge is 0.326 e. The summed E-state index contributed by atoms with van der Waals surface area (Å²) in [5.74, 6) is -1.51. The summed E-state index contributed by atoms with van der Waals surface area (Å²) in [6.07, 6.45) is -0.691. The predicted molar refractivity (Wildman–Crippen MR) is 141 cm³/mol. The monoisotopic (exact) mass is 536 g/mol. The number of carboxylic acids is 1. The summed E-state index contributed by atoms with van der Waals surface area (Å²) in [4.78, 5) is 28.0. The van der Waals surface area contributed by atoms with Crippen LogP contribution in [0.25, 0.3) is 0 Å². The lowest BCUT2D eigenvalue weighted by molar-refractivity contribution is -0.184. The molecule has 0 radical (unpaired) electrons. The Bertz CT molecular complexity index is 1300. The van der Waals surface area contributed by atoms with Crippen LogP contribution in [0.1, 0.15) is 54.2 Å². The molecule has 0 saturated carbocycles. The molecule has 1 amide bonds. The number of rotatable bonds is 8. The van der Waals surface area contributed by atoms with E-state index >= 15 is 0 Å². The number of carbonyl (C=O) groups excluding carboxylic acids is 1. The number of carbonyl (C=O) groups is 2. The average molecular weight is 537 g/mol. The summed E-state index contributed by atoms with van der Waals surface area (Å²) < 4.78 is 6.49. The zero-order chi connectivity index (χ0) is 26.5. The molecule has 6 nitrogen and oxygen atoms in total. The predicted octanol–water partition coefficient (Wildman–Crippen LogP) is 6.37. The molecule has 4 rings (SSSR count). The Morgan fingerprint density at radius 1 is 1.03 bits per heavy atom. The maximum absolute atomic E-state index is 14.0. The lowest BCUT2D eigenvalue weighted by Gasteiger charge is -2.47. The van der Waals surface area contributed by atoms with Crippen LogP contribution in [0.4, 0.5) is 0 Å². The third-order valence-corrected chi connectivity index (χ3v) is 7.07. The number of ether oxygens (including phenoxy) is 1. The van der Waals surface area contributed by atoms with Gasteiger partial charge in [0.1, 0.15) is 18.2 Å². The van der Waals surface area contributed by atoms with Gasteiger partial charge in [0.25, 0.3) is 5.91 Å². The first-order chi connectivity index (χ1) is 17.8. The van der Waals surface area contributed by atoms with E-state index in [1.165, 1.54) is 4.90 Å². The summed E-state index contributed by atoms with van der Waals surface area (Å²) in [6.45, 7) is 1.88. The number of nitriles is 1. The average Bonchev–Trinajstić information content (AvgIpc) is 2.89. The molecule has 1 N–H and O–H groups in total. The van der Waals surface area contributed by atoms with E-state index in [0.717, 1.165) is 5.56 Å². The lowest BCUT2D eigenvalue weighted by atomic mass is 9.88. The molecule has 190 valence electrons. The van der Waals surface area contributed by atoms with Crippen molar-refractivity contribution < 1.29 is 19.4 Å². The molecule has 1 heterocycles. The number of morpholine rings is 1. The van der Waals surface area contributed by atoms with Gasteiger partial charge in [0.2, 0.25) is 0 Å². The highest BCUT2D eigenvalue weighted by molar-refractivity contribution is 6.30. The van der Waals surface area contributed by atoms with Crippen LogP contribution in [0.5, 0.6) is 0 Å². The molecule has 8 heteroatoms. The van der Waals surface area contributed by atoms with E-state index in [4.69, 9.17) is 27.9 Å². The number of aliphatic carboxylic acids is 1. The molecule has 1 aliphatic rings. The van der Waals surface area contributed by atoms with Gasteiger partial charge in [-0.05, 0) is 53.4 Å². The van der Waals surface area contributed by atoms with Gasteiger partial charge in [-0.1, -0.05) is 79.0 Å². The quantitative estimate of drug-likeness (QED) is 0.361. The molecule has 0 unspecified atom stereocenters. The van der Waals surface area contributed by atoms with E-state index in [-0.39, 0.29) is 12.8 Å². The van der Waals surface area contributed by atoms with Crippen LogP contribution in [-0.4, -0.2) is 34.0 Å². The molecule has 1 saturated heterocycles. The largest absolute Gasteiger partial charge is 0.480 e. The minimum Gasteiger partial charge on any atom is -0.480 e. The Morgan fingerprint density at radius 2 is 1.62 bits per heavy atom. The number of halogens is 2. The van der Waals surface area contributed by atoms with Crippen LogP contribution in [0.15, 0.2) is 72.8 Å². The zero-order valence-electron chi connectivity index (χ0n) is 20.2. The van der Waals surface area contributed by atoms with Crippen molar-refractivity contribution in [1.29, 1.82) is 5.26 Å². The third-order valence-electron chi connectivity index (χ3n) is 6.56. The summed E-state index contributed by atoms with van der Waals surface area (Å²) in [6, 6.07) is 21.5. The molecule has 1 aliphatic heterocycles. The zero-order valence-corrected chi connectivity index (χ0v) is 21.7. The van der Waals surface area contributed by atoms with Gasteiger partial charge in [-0.15, -0.1) is 0 Å². The number of nitrogens with zero attached hydrogens (tertiary/aromatic N) is 2. The third kappa shape index (κ3) is 5.80. The first-order valence-corrected chi connectivity index (χ1v) is 12.8. The van der Waals surface area contributed by atoms with Crippen molar-refractivity contribution in [2.45, 2.75) is 50.5 Å². The highest BCUT2D eigenvalue weighted by atomic mass is 35.5. The van der Waals surface area contributed by atoms with Crippen molar-refractivity contribution in [3.05, 3.63) is 105 Å².